The number of nitrogens with one attached hydrogen (secondary N) is 2. The van der Waals surface area contributed by atoms with Crippen molar-refractivity contribution in [2.45, 2.75) is 33.0 Å². The molecule has 6 heteroatoms. The largest absolute Gasteiger partial charge is 0.462 e. The van der Waals surface area contributed by atoms with Gasteiger partial charge in [0.2, 0.25) is 0 Å². The highest BCUT2D eigenvalue weighted by molar-refractivity contribution is 6.17. The summed E-state index contributed by atoms with van der Waals surface area (Å²) in [7, 11) is 0. The Labute approximate surface area is 113 Å². The van der Waals surface area contributed by atoms with Crippen LogP contribution in [0.2, 0.25) is 0 Å². The zero-order chi connectivity index (χ0) is 14.3. The second-order valence-electron chi connectivity index (χ2n) is 4.44. The average Bonchev–Trinajstić information content (AvgIpc) is 2.76. The third-order valence-electron chi connectivity index (χ3n) is 2.77. The molecule has 19 heavy (non-hydrogen) atoms. The van der Waals surface area contributed by atoms with E-state index in [0.717, 1.165) is 0 Å². The predicted octanol–water partition coefficient (Wildman–Crippen LogP) is 1.22. The van der Waals surface area contributed by atoms with E-state index in [1.54, 1.807) is 13.8 Å². The van der Waals surface area contributed by atoms with Gasteiger partial charge in [-0.25, -0.2) is 4.79 Å². The van der Waals surface area contributed by atoms with Gasteiger partial charge in [0.25, 0.3) is 0 Å². The van der Waals surface area contributed by atoms with Gasteiger partial charge in [0.1, 0.15) is 0 Å². The zero-order valence-electron chi connectivity index (χ0n) is 11.7. The third kappa shape index (κ3) is 5.00. The van der Waals surface area contributed by atoms with E-state index in [2.05, 4.69) is 5.32 Å². The molecule has 0 amide bonds. The maximum Gasteiger partial charge on any atom is 0.341 e. The van der Waals surface area contributed by atoms with Gasteiger partial charge in [0.15, 0.2) is 5.79 Å². The molecule has 1 aliphatic heterocycles. The van der Waals surface area contributed by atoms with Crippen molar-refractivity contribution in [3.63, 3.8) is 0 Å². The van der Waals surface area contributed by atoms with Crippen LogP contribution in [0.3, 0.4) is 0 Å². The molecule has 0 saturated carbocycles. The first-order valence-electron chi connectivity index (χ1n) is 6.42. The van der Waals surface area contributed by atoms with Crippen LogP contribution in [0.1, 0.15) is 27.2 Å². The van der Waals surface area contributed by atoms with E-state index < -0.39 is 11.8 Å². The minimum absolute atomic E-state index is 0.172. The molecule has 1 aliphatic rings. The highest BCUT2D eigenvalue weighted by atomic mass is 16.7. The summed E-state index contributed by atoms with van der Waals surface area (Å²) < 4.78 is 15.8. The minimum atomic E-state index is -0.551. The van der Waals surface area contributed by atoms with E-state index >= 15 is 0 Å². The first kappa shape index (κ1) is 15.7. The van der Waals surface area contributed by atoms with Crippen molar-refractivity contribution in [3.8, 4) is 0 Å². The van der Waals surface area contributed by atoms with E-state index in [4.69, 9.17) is 19.6 Å². The molecule has 1 fully saturated rings. The molecule has 1 heterocycles. The molecule has 0 bridgehead atoms. The fourth-order valence-electron chi connectivity index (χ4n) is 1.70. The lowest BCUT2D eigenvalue weighted by Gasteiger charge is -2.21. The topological polar surface area (TPSA) is 80.6 Å². The molecule has 0 aromatic rings. The molecule has 0 aliphatic carbocycles. The fraction of sp³-hybridized carbons (Fsp3) is 0.692. The predicted molar refractivity (Wildman–Crippen MR) is 71.0 cm³/mol. The van der Waals surface area contributed by atoms with Crippen LogP contribution in [-0.4, -0.2) is 43.8 Å². The Morgan fingerprint density at radius 3 is 2.63 bits per heavy atom. The van der Waals surface area contributed by atoms with Crippen LogP contribution >= 0.6 is 0 Å². The molecule has 0 radical (unpaired) electrons. The van der Waals surface area contributed by atoms with Gasteiger partial charge < -0.3 is 24.9 Å². The Hall–Kier alpha value is -1.40. The van der Waals surface area contributed by atoms with E-state index in [1.807, 2.05) is 6.92 Å². The van der Waals surface area contributed by atoms with Gasteiger partial charge in [-0.15, -0.1) is 0 Å². The summed E-state index contributed by atoms with van der Waals surface area (Å²) in [6.45, 7) is 7.28. The Balaban J connectivity index is 2.43. The molecule has 1 rings (SSSR count). The molecule has 0 atom stereocenters. The molecule has 0 spiro atoms. The molecule has 0 unspecified atom stereocenters. The van der Waals surface area contributed by atoms with Crippen LogP contribution in [0.5, 0.6) is 0 Å². The molecule has 0 aromatic heterocycles. The average molecular weight is 270 g/mol. The summed E-state index contributed by atoms with van der Waals surface area (Å²) in [5.41, 5.74) is 0.408. The number of rotatable bonds is 7. The molecule has 1 saturated heterocycles. The highest BCUT2D eigenvalue weighted by Crippen LogP contribution is 2.21. The van der Waals surface area contributed by atoms with Crippen molar-refractivity contribution in [1.82, 2.24) is 5.32 Å². The van der Waals surface area contributed by atoms with Gasteiger partial charge in [-0.3, -0.25) is 0 Å². The molecular weight excluding hydrogens is 248 g/mol. The first-order chi connectivity index (χ1) is 8.98. The summed E-state index contributed by atoms with van der Waals surface area (Å²) in [6.07, 6.45) is 2.18. The summed E-state index contributed by atoms with van der Waals surface area (Å²) in [6, 6.07) is 0. The van der Waals surface area contributed by atoms with Crippen LogP contribution in [0.15, 0.2) is 11.8 Å². The van der Waals surface area contributed by atoms with Crippen molar-refractivity contribution >= 4 is 11.7 Å². The molecule has 0 aromatic carbocycles. The van der Waals surface area contributed by atoms with Crippen LogP contribution in [0.4, 0.5) is 0 Å². The number of hydrogen-bond acceptors (Lipinski definition) is 6. The van der Waals surface area contributed by atoms with E-state index in [0.29, 0.717) is 32.8 Å². The molecule has 2 N–H and O–H groups in total. The van der Waals surface area contributed by atoms with Gasteiger partial charge in [0, 0.05) is 24.9 Å². The van der Waals surface area contributed by atoms with Gasteiger partial charge in [-0.1, -0.05) is 0 Å². The Bertz CT molecular complexity index is 360. The second-order valence-corrected chi connectivity index (χ2v) is 4.44. The van der Waals surface area contributed by atoms with Gasteiger partial charge in [-0.05, 0) is 20.8 Å². The molecule has 108 valence electrons. The molecular formula is C13H22N2O4. The quantitative estimate of drug-likeness (QED) is 0.314. The zero-order valence-corrected chi connectivity index (χ0v) is 11.7. The van der Waals surface area contributed by atoms with Crippen molar-refractivity contribution in [2.75, 3.05) is 26.4 Å². The fourth-order valence-corrected chi connectivity index (χ4v) is 1.70. The smallest absolute Gasteiger partial charge is 0.341 e. The van der Waals surface area contributed by atoms with Crippen molar-refractivity contribution < 1.29 is 19.0 Å². The Kier molecular flexibility index (Phi) is 5.98. The standard InChI is InChI=1S/C13H22N2O4/c1-4-17-12(16)11(10(2)14)9-15-6-5-13(3)18-7-8-19-13/h9,14-15H,4-8H2,1-3H3/b11-9+,14-10?. The van der Waals surface area contributed by atoms with E-state index in [9.17, 15) is 4.79 Å². The third-order valence-corrected chi connectivity index (χ3v) is 2.77. The molecule has 6 nitrogen and oxygen atoms in total. The highest BCUT2D eigenvalue weighted by Gasteiger charge is 2.29. The van der Waals surface area contributed by atoms with Crippen LogP contribution in [0.25, 0.3) is 0 Å². The lowest BCUT2D eigenvalue weighted by Crippen LogP contribution is -2.30. The summed E-state index contributed by atoms with van der Waals surface area (Å²) >= 11 is 0. The summed E-state index contributed by atoms with van der Waals surface area (Å²) in [4.78, 5) is 11.6. The number of esters is 1. The number of hydrogen-bond donors (Lipinski definition) is 2. The summed E-state index contributed by atoms with van der Waals surface area (Å²) in [5, 5.41) is 10.5. The maximum atomic E-state index is 11.6. The van der Waals surface area contributed by atoms with Crippen LogP contribution < -0.4 is 5.32 Å². The number of carbonyl (C=O) groups excluding carboxylic acids is 1. The summed E-state index contributed by atoms with van der Waals surface area (Å²) in [5.74, 6) is -1.04. The maximum absolute atomic E-state index is 11.6. The lowest BCUT2D eigenvalue weighted by atomic mass is 10.2. The number of carbonyl (C=O) groups is 1. The Morgan fingerprint density at radius 2 is 2.11 bits per heavy atom. The number of ether oxygens (including phenoxy) is 3. The van der Waals surface area contributed by atoms with E-state index in [1.165, 1.54) is 6.20 Å². The van der Waals surface area contributed by atoms with Gasteiger partial charge in [-0.2, -0.15) is 0 Å². The van der Waals surface area contributed by atoms with Crippen LogP contribution in [0, 0.1) is 5.41 Å². The minimum Gasteiger partial charge on any atom is -0.462 e. The monoisotopic (exact) mass is 270 g/mol. The normalized spacial score (nSPS) is 18.2. The van der Waals surface area contributed by atoms with Gasteiger partial charge in [0.05, 0.1) is 25.4 Å². The first-order valence-corrected chi connectivity index (χ1v) is 6.42. The van der Waals surface area contributed by atoms with Gasteiger partial charge >= 0.3 is 5.97 Å². The van der Waals surface area contributed by atoms with Crippen LogP contribution in [-0.2, 0) is 19.0 Å². The van der Waals surface area contributed by atoms with E-state index in [-0.39, 0.29) is 11.3 Å². The Morgan fingerprint density at radius 1 is 1.47 bits per heavy atom. The van der Waals surface area contributed by atoms with Crippen molar-refractivity contribution in [1.29, 1.82) is 5.41 Å². The SMILES string of the molecule is CCOC(=O)/C(=C/NCCC1(C)OCCO1)C(C)=N. The van der Waals surface area contributed by atoms with Crippen molar-refractivity contribution in [3.05, 3.63) is 11.8 Å². The lowest BCUT2D eigenvalue weighted by molar-refractivity contribution is -0.145. The van der Waals surface area contributed by atoms with Crippen molar-refractivity contribution in [2.24, 2.45) is 0 Å². The second kappa shape index (κ2) is 7.25.